The van der Waals surface area contributed by atoms with Gasteiger partial charge in [-0.25, -0.2) is 18.2 Å². The van der Waals surface area contributed by atoms with Crippen LogP contribution in [0.2, 0.25) is 0 Å². The molecular formula is C8H6F3N3. The van der Waals surface area contributed by atoms with Crippen molar-refractivity contribution in [1.29, 1.82) is 5.26 Å². The van der Waals surface area contributed by atoms with E-state index in [2.05, 4.69) is 4.98 Å². The van der Waals surface area contributed by atoms with Crippen molar-refractivity contribution in [1.82, 2.24) is 4.98 Å². The van der Waals surface area contributed by atoms with E-state index >= 15 is 0 Å². The molecule has 0 bridgehead atoms. The summed E-state index contributed by atoms with van der Waals surface area (Å²) in [5.41, 5.74) is 4.39. The summed E-state index contributed by atoms with van der Waals surface area (Å²) in [6.07, 6.45) is -3.16. The van der Waals surface area contributed by atoms with Crippen molar-refractivity contribution in [3.05, 3.63) is 23.1 Å². The lowest BCUT2D eigenvalue weighted by atomic mass is 10.2. The maximum absolute atomic E-state index is 12.9. The van der Waals surface area contributed by atoms with Crippen LogP contribution in [0.25, 0.3) is 0 Å². The topological polar surface area (TPSA) is 62.7 Å². The van der Waals surface area contributed by atoms with Gasteiger partial charge in [-0.15, -0.1) is 0 Å². The van der Waals surface area contributed by atoms with E-state index in [0.29, 0.717) is 0 Å². The number of rotatable bonds is 2. The van der Waals surface area contributed by atoms with E-state index in [1.54, 1.807) is 6.07 Å². The molecule has 0 saturated carbocycles. The van der Waals surface area contributed by atoms with E-state index in [1.165, 1.54) is 0 Å². The summed E-state index contributed by atoms with van der Waals surface area (Å²) in [5.74, 6) is -1.37. The molecule has 2 N–H and O–H groups in total. The van der Waals surface area contributed by atoms with Crippen molar-refractivity contribution >= 4 is 5.82 Å². The van der Waals surface area contributed by atoms with Gasteiger partial charge < -0.3 is 5.73 Å². The fourth-order valence-electron chi connectivity index (χ4n) is 0.936. The highest BCUT2D eigenvalue weighted by Gasteiger charge is 2.17. The van der Waals surface area contributed by atoms with Gasteiger partial charge in [0.05, 0.1) is 12.5 Å². The molecule has 6 heteroatoms. The van der Waals surface area contributed by atoms with Crippen LogP contribution >= 0.6 is 0 Å². The number of anilines is 1. The van der Waals surface area contributed by atoms with Gasteiger partial charge in [0.1, 0.15) is 11.5 Å². The highest BCUT2D eigenvalue weighted by atomic mass is 19.3. The smallest absolute Gasteiger partial charge is 0.283 e. The van der Waals surface area contributed by atoms with E-state index in [-0.39, 0.29) is 17.8 Å². The Morgan fingerprint density at radius 3 is 2.71 bits per heavy atom. The van der Waals surface area contributed by atoms with Crippen LogP contribution in [0.5, 0.6) is 0 Å². The summed E-state index contributed by atoms with van der Waals surface area (Å²) in [6, 6.07) is 2.54. The normalized spacial score (nSPS) is 10.2. The lowest BCUT2D eigenvalue weighted by molar-refractivity contribution is 0.140. The number of hydrogen-bond donors (Lipinski definition) is 1. The van der Waals surface area contributed by atoms with Crippen LogP contribution in [-0.2, 0) is 6.42 Å². The first kappa shape index (κ1) is 10.3. The molecule has 0 aliphatic carbocycles. The van der Waals surface area contributed by atoms with Crippen LogP contribution in [0.3, 0.4) is 0 Å². The number of aromatic nitrogens is 1. The van der Waals surface area contributed by atoms with Crippen LogP contribution in [0, 0.1) is 17.1 Å². The van der Waals surface area contributed by atoms with Crippen molar-refractivity contribution in [3.63, 3.8) is 0 Å². The Hall–Kier alpha value is -1.77. The molecule has 1 heterocycles. The van der Waals surface area contributed by atoms with Crippen molar-refractivity contribution in [2.75, 3.05) is 5.73 Å². The largest absolute Gasteiger partial charge is 0.383 e. The summed E-state index contributed by atoms with van der Waals surface area (Å²) >= 11 is 0. The number of halogens is 3. The van der Waals surface area contributed by atoms with Gasteiger partial charge >= 0.3 is 0 Å². The Kier molecular flexibility index (Phi) is 2.92. The minimum absolute atomic E-state index is 0.120. The molecule has 0 amide bonds. The van der Waals surface area contributed by atoms with Crippen molar-refractivity contribution in [2.45, 2.75) is 12.8 Å². The molecule has 3 nitrogen and oxygen atoms in total. The Bertz CT molecular complexity index is 384. The quantitative estimate of drug-likeness (QED) is 0.793. The zero-order valence-corrected chi connectivity index (χ0v) is 6.97. The maximum Gasteiger partial charge on any atom is 0.283 e. The minimum Gasteiger partial charge on any atom is -0.383 e. The van der Waals surface area contributed by atoms with Gasteiger partial charge in [-0.05, 0) is 6.07 Å². The molecule has 0 aliphatic heterocycles. The Morgan fingerprint density at radius 2 is 2.21 bits per heavy atom. The zero-order chi connectivity index (χ0) is 10.7. The molecule has 1 aromatic rings. The van der Waals surface area contributed by atoms with E-state index in [9.17, 15) is 13.2 Å². The molecule has 0 aliphatic rings. The highest BCUT2D eigenvalue weighted by molar-refractivity contribution is 5.42. The fraction of sp³-hybridized carbons (Fsp3) is 0.250. The molecule has 0 radical (unpaired) electrons. The molecular weight excluding hydrogens is 195 g/mol. The van der Waals surface area contributed by atoms with Crippen LogP contribution < -0.4 is 5.73 Å². The number of hydrogen-bond acceptors (Lipinski definition) is 3. The van der Waals surface area contributed by atoms with E-state index in [1.807, 2.05) is 0 Å². The second-order valence-electron chi connectivity index (χ2n) is 2.54. The highest BCUT2D eigenvalue weighted by Crippen LogP contribution is 2.23. The predicted molar refractivity (Wildman–Crippen MR) is 42.9 cm³/mol. The van der Waals surface area contributed by atoms with Gasteiger partial charge in [0, 0.05) is 5.56 Å². The molecule has 74 valence electrons. The average molecular weight is 201 g/mol. The molecule has 0 aromatic carbocycles. The SMILES string of the molecule is N#CCc1cc(F)c(C(F)F)nc1N. The van der Waals surface area contributed by atoms with E-state index in [0.717, 1.165) is 6.07 Å². The van der Waals surface area contributed by atoms with Crippen LogP contribution in [0.1, 0.15) is 17.7 Å². The molecule has 1 rings (SSSR count). The van der Waals surface area contributed by atoms with Gasteiger partial charge in [-0.2, -0.15) is 5.26 Å². The number of alkyl halides is 2. The molecule has 0 spiro atoms. The minimum atomic E-state index is -3.01. The van der Waals surface area contributed by atoms with Gasteiger partial charge in [-0.1, -0.05) is 0 Å². The third-order valence-corrected chi connectivity index (χ3v) is 1.59. The number of pyridine rings is 1. The van der Waals surface area contributed by atoms with Crippen molar-refractivity contribution in [2.24, 2.45) is 0 Å². The fourth-order valence-corrected chi connectivity index (χ4v) is 0.936. The Labute approximate surface area is 78.0 Å². The van der Waals surface area contributed by atoms with Gasteiger partial charge in [0.15, 0.2) is 5.82 Å². The third-order valence-electron chi connectivity index (χ3n) is 1.59. The van der Waals surface area contributed by atoms with Crippen molar-refractivity contribution in [3.8, 4) is 6.07 Å². The molecule has 0 fully saturated rings. The van der Waals surface area contributed by atoms with Crippen LogP contribution in [0.15, 0.2) is 6.07 Å². The third kappa shape index (κ3) is 1.93. The molecule has 0 unspecified atom stereocenters. The number of nitrogens with zero attached hydrogens (tertiary/aromatic N) is 2. The summed E-state index contributed by atoms with van der Waals surface area (Å²) < 4.78 is 37.1. The predicted octanol–water partition coefficient (Wildman–Crippen LogP) is 1.81. The average Bonchev–Trinajstić information content (AvgIpc) is 2.10. The molecule has 0 saturated heterocycles. The lowest BCUT2D eigenvalue weighted by Gasteiger charge is -2.05. The van der Waals surface area contributed by atoms with Gasteiger partial charge in [0.2, 0.25) is 0 Å². The second kappa shape index (κ2) is 3.96. The van der Waals surface area contributed by atoms with E-state index in [4.69, 9.17) is 11.0 Å². The monoisotopic (exact) mass is 201 g/mol. The standard InChI is InChI=1S/C8H6F3N3/c9-5-3-4(1-2-12)8(13)14-6(5)7(10)11/h3,7H,1H2,(H2,13,14). The van der Waals surface area contributed by atoms with Gasteiger partial charge in [-0.3, -0.25) is 0 Å². The van der Waals surface area contributed by atoms with Gasteiger partial charge in [0.25, 0.3) is 6.43 Å². The lowest BCUT2D eigenvalue weighted by Crippen LogP contribution is -2.04. The first-order valence-corrected chi connectivity index (χ1v) is 3.66. The number of nitrogen functional groups attached to an aromatic ring is 1. The number of nitrogens with two attached hydrogens (primary N) is 1. The summed E-state index contributed by atoms with van der Waals surface area (Å²) in [7, 11) is 0. The molecule has 1 aromatic heterocycles. The zero-order valence-electron chi connectivity index (χ0n) is 6.97. The Balaban J connectivity index is 3.18. The molecule has 14 heavy (non-hydrogen) atoms. The van der Waals surface area contributed by atoms with Crippen LogP contribution in [-0.4, -0.2) is 4.98 Å². The second-order valence-corrected chi connectivity index (χ2v) is 2.54. The Morgan fingerprint density at radius 1 is 1.57 bits per heavy atom. The summed E-state index contributed by atoms with van der Waals surface area (Å²) in [4.78, 5) is 3.19. The van der Waals surface area contributed by atoms with E-state index < -0.39 is 17.9 Å². The summed E-state index contributed by atoms with van der Waals surface area (Å²) in [6.45, 7) is 0. The van der Waals surface area contributed by atoms with Crippen LogP contribution in [0.4, 0.5) is 19.0 Å². The molecule has 0 atom stereocenters. The first-order chi connectivity index (χ1) is 6.56. The summed E-state index contributed by atoms with van der Waals surface area (Å²) in [5, 5.41) is 8.31. The maximum atomic E-state index is 12.9. The first-order valence-electron chi connectivity index (χ1n) is 3.66. The van der Waals surface area contributed by atoms with Crippen molar-refractivity contribution < 1.29 is 13.2 Å². The number of nitriles is 1.